The number of unbranched alkanes of at least 4 members (excludes halogenated alkanes) is 3. The fourth-order valence-electron chi connectivity index (χ4n) is 1.56. The smallest absolute Gasteiger partial charge is 0.313 e. The van der Waals surface area contributed by atoms with Crippen molar-refractivity contribution in [3.8, 4) is 0 Å². The first kappa shape index (κ1) is 15.5. The van der Waals surface area contributed by atoms with Gasteiger partial charge in [-0.25, -0.2) is 0 Å². The third kappa shape index (κ3) is 6.25. The number of amides is 2. The third-order valence-electron chi connectivity index (χ3n) is 2.62. The van der Waals surface area contributed by atoms with Crippen LogP contribution in [0.25, 0.3) is 0 Å². The second-order valence-corrected chi connectivity index (χ2v) is 4.71. The Hall–Kier alpha value is -1.55. The van der Waals surface area contributed by atoms with Gasteiger partial charge < -0.3 is 10.6 Å². The Morgan fingerprint density at radius 2 is 1.74 bits per heavy atom. The number of nitrogens with one attached hydrogen (secondary N) is 2. The number of halogens is 1. The molecule has 0 saturated heterocycles. The number of rotatable bonds is 6. The molecule has 104 valence electrons. The summed E-state index contributed by atoms with van der Waals surface area (Å²) in [5.41, 5.74) is 0.551. The Bertz CT molecular complexity index is 418. The zero-order chi connectivity index (χ0) is 14.1. The highest BCUT2D eigenvalue weighted by atomic mass is 35.5. The fourth-order valence-corrected chi connectivity index (χ4v) is 1.68. The van der Waals surface area contributed by atoms with Crippen LogP contribution in [-0.2, 0) is 9.59 Å². The Morgan fingerprint density at radius 3 is 2.37 bits per heavy atom. The lowest BCUT2D eigenvalue weighted by atomic mass is 10.2. The van der Waals surface area contributed by atoms with Crippen molar-refractivity contribution in [2.24, 2.45) is 0 Å². The van der Waals surface area contributed by atoms with E-state index >= 15 is 0 Å². The second kappa shape index (κ2) is 8.53. The van der Waals surface area contributed by atoms with Crippen LogP contribution in [0, 0.1) is 0 Å². The van der Waals surface area contributed by atoms with Crippen LogP contribution in [0.5, 0.6) is 0 Å². The Balaban J connectivity index is 2.28. The molecule has 19 heavy (non-hydrogen) atoms. The monoisotopic (exact) mass is 282 g/mol. The van der Waals surface area contributed by atoms with E-state index in [2.05, 4.69) is 17.6 Å². The maximum Gasteiger partial charge on any atom is 0.313 e. The minimum atomic E-state index is -0.655. The molecule has 0 unspecified atom stereocenters. The minimum absolute atomic E-state index is 0.535. The lowest BCUT2D eigenvalue weighted by Crippen LogP contribution is -2.35. The number of benzene rings is 1. The van der Waals surface area contributed by atoms with Crippen molar-refractivity contribution < 1.29 is 9.59 Å². The van der Waals surface area contributed by atoms with Crippen LogP contribution in [-0.4, -0.2) is 18.4 Å². The van der Waals surface area contributed by atoms with Gasteiger partial charge in [0.15, 0.2) is 0 Å². The van der Waals surface area contributed by atoms with Gasteiger partial charge in [0.25, 0.3) is 0 Å². The third-order valence-corrected chi connectivity index (χ3v) is 2.88. The molecule has 0 aliphatic rings. The minimum Gasteiger partial charge on any atom is -0.348 e. The van der Waals surface area contributed by atoms with Gasteiger partial charge in [0.1, 0.15) is 0 Å². The van der Waals surface area contributed by atoms with E-state index in [9.17, 15) is 9.59 Å². The van der Waals surface area contributed by atoms with E-state index in [-0.39, 0.29) is 0 Å². The average molecular weight is 283 g/mol. The van der Waals surface area contributed by atoms with Crippen LogP contribution >= 0.6 is 11.6 Å². The largest absolute Gasteiger partial charge is 0.348 e. The topological polar surface area (TPSA) is 58.2 Å². The Morgan fingerprint density at radius 1 is 1.05 bits per heavy atom. The standard InChI is InChI=1S/C14H19ClN2O2/c1-2-3-4-5-10-16-13(18)14(19)17-12-8-6-11(15)7-9-12/h6-9H,2-5,10H2,1H3,(H,16,18)(H,17,19). The van der Waals surface area contributed by atoms with Gasteiger partial charge >= 0.3 is 11.8 Å². The van der Waals surface area contributed by atoms with Gasteiger partial charge in [0.2, 0.25) is 0 Å². The summed E-state index contributed by atoms with van der Waals surface area (Å²) in [7, 11) is 0. The van der Waals surface area contributed by atoms with Crippen LogP contribution in [0.3, 0.4) is 0 Å². The summed E-state index contributed by atoms with van der Waals surface area (Å²) >= 11 is 5.73. The van der Waals surface area contributed by atoms with E-state index in [4.69, 9.17) is 11.6 Å². The van der Waals surface area contributed by atoms with Gasteiger partial charge in [-0.3, -0.25) is 9.59 Å². The molecule has 5 heteroatoms. The summed E-state index contributed by atoms with van der Waals surface area (Å²) < 4.78 is 0. The highest BCUT2D eigenvalue weighted by Gasteiger charge is 2.12. The second-order valence-electron chi connectivity index (χ2n) is 4.28. The summed E-state index contributed by atoms with van der Waals surface area (Å²) in [6, 6.07) is 6.60. The van der Waals surface area contributed by atoms with Crippen molar-refractivity contribution in [2.75, 3.05) is 11.9 Å². The summed E-state index contributed by atoms with van der Waals surface area (Å²) in [6.07, 6.45) is 4.25. The molecule has 0 aliphatic carbocycles. The zero-order valence-electron chi connectivity index (χ0n) is 11.0. The first-order valence-electron chi connectivity index (χ1n) is 6.48. The Labute approximate surface area is 118 Å². The molecular weight excluding hydrogens is 264 g/mol. The van der Waals surface area contributed by atoms with Crippen molar-refractivity contribution in [2.45, 2.75) is 32.6 Å². The van der Waals surface area contributed by atoms with E-state index in [0.717, 1.165) is 25.7 Å². The van der Waals surface area contributed by atoms with Crippen LogP contribution in [0.2, 0.25) is 5.02 Å². The van der Waals surface area contributed by atoms with Crippen LogP contribution in [0.1, 0.15) is 32.6 Å². The quantitative estimate of drug-likeness (QED) is 0.622. The lowest BCUT2D eigenvalue weighted by molar-refractivity contribution is -0.136. The predicted octanol–water partition coefficient (Wildman–Crippen LogP) is 2.98. The highest BCUT2D eigenvalue weighted by molar-refractivity contribution is 6.39. The van der Waals surface area contributed by atoms with Gasteiger partial charge in [0, 0.05) is 17.3 Å². The molecule has 0 atom stereocenters. The number of carbonyl (C=O) groups is 2. The van der Waals surface area contributed by atoms with Gasteiger partial charge in [-0.05, 0) is 30.7 Å². The molecule has 0 spiro atoms. The predicted molar refractivity (Wildman–Crippen MR) is 77.2 cm³/mol. The first-order chi connectivity index (χ1) is 9.13. The zero-order valence-corrected chi connectivity index (χ0v) is 11.8. The fraction of sp³-hybridized carbons (Fsp3) is 0.429. The number of carbonyl (C=O) groups excluding carboxylic acids is 2. The molecular formula is C14H19ClN2O2. The molecule has 0 heterocycles. The van der Waals surface area contributed by atoms with Crippen molar-refractivity contribution in [3.63, 3.8) is 0 Å². The molecule has 0 fully saturated rings. The molecule has 1 aromatic rings. The average Bonchev–Trinajstić information content (AvgIpc) is 2.41. The summed E-state index contributed by atoms with van der Waals surface area (Å²) in [5, 5.41) is 5.69. The van der Waals surface area contributed by atoms with Crippen LogP contribution in [0.4, 0.5) is 5.69 Å². The van der Waals surface area contributed by atoms with E-state index in [1.165, 1.54) is 0 Å². The number of hydrogen-bond donors (Lipinski definition) is 2. The van der Waals surface area contributed by atoms with Crippen molar-refractivity contribution in [3.05, 3.63) is 29.3 Å². The van der Waals surface area contributed by atoms with Crippen molar-refractivity contribution in [1.29, 1.82) is 0 Å². The molecule has 4 nitrogen and oxygen atoms in total. The molecule has 2 amide bonds. The van der Waals surface area contributed by atoms with E-state index in [1.54, 1.807) is 24.3 Å². The van der Waals surface area contributed by atoms with Gasteiger partial charge in [-0.1, -0.05) is 37.8 Å². The summed E-state index contributed by atoms with van der Waals surface area (Å²) in [6.45, 7) is 2.66. The SMILES string of the molecule is CCCCCCNC(=O)C(=O)Nc1ccc(Cl)cc1. The van der Waals surface area contributed by atoms with Crippen LogP contribution < -0.4 is 10.6 Å². The van der Waals surface area contributed by atoms with Gasteiger partial charge in [-0.15, -0.1) is 0 Å². The molecule has 1 aromatic carbocycles. The normalized spacial score (nSPS) is 10.0. The van der Waals surface area contributed by atoms with Gasteiger partial charge in [-0.2, -0.15) is 0 Å². The van der Waals surface area contributed by atoms with E-state index < -0.39 is 11.8 Å². The van der Waals surface area contributed by atoms with Gasteiger partial charge in [0.05, 0.1) is 0 Å². The lowest BCUT2D eigenvalue weighted by Gasteiger charge is -2.06. The summed E-state index contributed by atoms with van der Waals surface area (Å²) in [4.78, 5) is 23.1. The Kier molecular flexibility index (Phi) is 6.97. The highest BCUT2D eigenvalue weighted by Crippen LogP contribution is 2.13. The summed E-state index contributed by atoms with van der Waals surface area (Å²) in [5.74, 6) is -1.26. The molecule has 0 aromatic heterocycles. The molecule has 2 N–H and O–H groups in total. The molecule has 0 radical (unpaired) electrons. The van der Waals surface area contributed by atoms with E-state index in [1.807, 2.05) is 0 Å². The molecule has 0 saturated carbocycles. The maximum absolute atomic E-state index is 11.6. The number of anilines is 1. The molecule has 0 bridgehead atoms. The molecule has 0 aliphatic heterocycles. The maximum atomic E-state index is 11.6. The first-order valence-corrected chi connectivity index (χ1v) is 6.86. The van der Waals surface area contributed by atoms with E-state index in [0.29, 0.717) is 17.3 Å². The molecule has 1 rings (SSSR count). The number of hydrogen-bond acceptors (Lipinski definition) is 2. The van der Waals surface area contributed by atoms with Crippen LogP contribution in [0.15, 0.2) is 24.3 Å². The van der Waals surface area contributed by atoms with Crippen molar-refractivity contribution in [1.82, 2.24) is 5.32 Å². The van der Waals surface area contributed by atoms with Crippen molar-refractivity contribution >= 4 is 29.1 Å².